The molecule has 1 fully saturated rings. The molecule has 2 heterocycles. The van der Waals surface area contributed by atoms with Crippen LogP contribution in [0.15, 0.2) is 28.7 Å². The molecule has 0 bridgehead atoms. The second-order valence-electron chi connectivity index (χ2n) is 7.41. The summed E-state index contributed by atoms with van der Waals surface area (Å²) in [5.74, 6) is 2.10. The third kappa shape index (κ3) is 6.56. The first kappa shape index (κ1) is 21.3. The lowest BCUT2D eigenvalue weighted by Gasteiger charge is -2.25. The molecule has 0 spiro atoms. The Labute approximate surface area is 172 Å². The van der Waals surface area contributed by atoms with Crippen molar-refractivity contribution in [1.82, 2.24) is 15.1 Å². The lowest BCUT2D eigenvalue weighted by molar-refractivity contribution is -0.132. The molecule has 7 nitrogen and oxygen atoms in total. The van der Waals surface area contributed by atoms with Gasteiger partial charge in [0, 0.05) is 39.0 Å². The predicted octanol–water partition coefficient (Wildman–Crippen LogP) is 3.21. The SMILES string of the molecule is CCCN(C[C@@H]1CCCO1)C(=O)CCc1nnc(CCc2ccc(OC)cc2)o1. The van der Waals surface area contributed by atoms with Gasteiger partial charge in [0.25, 0.3) is 0 Å². The number of aromatic nitrogens is 2. The predicted molar refractivity (Wildman–Crippen MR) is 109 cm³/mol. The van der Waals surface area contributed by atoms with E-state index in [0.717, 1.165) is 44.6 Å². The van der Waals surface area contributed by atoms with Crippen LogP contribution in [0.5, 0.6) is 5.75 Å². The molecule has 158 valence electrons. The normalized spacial score (nSPS) is 16.1. The summed E-state index contributed by atoms with van der Waals surface area (Å²) in [6.45, 7) is 4.34. The summed E-state index contributed by atoms with van der Waals surface area (Å²) in [7, 11) is 1.66. The molecule has 0 radical (unpaired) electrons. The van der Waals surface area contributed by atoms with E-state index in [-0.39, 0.29) is 12.0 Å². The maximum Gasteiger partial charge on any atom is 0.223 e. The van der Waals surface area contributed by atoms with Crippen molar-refractivity contribution < 1.29 is 18.7 Å². The van der Waals surface area contributed by atoms with Crippen LogP contribution in [0.1, 0.15) is 50.0 Å². The molecule has 0 N–H and O–H groups in total. The molecule has 0 saturated carbocycles. The van der Waals surface area contributed by atoms with Crippen LogP contribution in [0, 0.1) is 0 Å². The fourth-order valence-corrected chi connectivity index (χ4v) is 3.53. The van der Waals surface area contributed by atoms with E-state index in [1.165, 1.54) is 5.56 Å². The number of carbonyl (C=O) groups is 1. The highest BCUT2D eigenvalue weighted by molar-refractivity contribution is 5.76. The van der Waals surface area contributed by atoms with E-state index in [0.29, 0.717) is 37.6 Å². The maximum absolute atomic E-state index is 12.6. The Kier molecular flexibility index (Phi) is 8.04. The summed E-state index contributed by atoms with van der Waals surface area (Å²) in [5.41, 5.74) is 1.19. The van der Waals surface area contributed by atoms with Crippen LogP contribution >= 0.6 is 0 Å². The van der Waals surface area contributed by atoms with Crippen LogP contribution in [-0.2, 0) is 28.8 Å². The molecule has 3 rings (SSSR count). The molecule has 1 aromatic carbocycles. The zero-order valence-electron chi connectivity index (χ0n) is 17.4. The lowest BCUT2D eigenvalue weighted by atomic mass is 10.1. The largest absolute Gasteiger partial charge is 0.497 e. The van der Waals surface area contributed by atoms with Crippen molar-refractivity contribution in [1.29, 1.82) is 0 Å². The van der Waals surface area contributed by atoms with Gasteiger partial charge in [-0.15, -0.1) is 10.2 Å². The summed E-state index contributed by atoms with van der Waals surface area (Å²) in [6.07, 6.45) is 5.58. The van der Waals surface area contributed by atoms with Gasteiger partial charge < -0.3 is 18.8 Å². The molecule has 1 aliphatic heterocycles. The average Bonchev–Trinajstić information content (AvgIpc) is 3.42. The van der Waals surface area contributed by atoms with E-state index < -0.39 is 0 Å². The van der Waals surface area contributed by atoms with Crippen LogP contribution in [-0.4, -0.2) is 53.9 Å². The van der Waals surface area contributed by atoms with Crippen molar-refractivity contribution in [2.45, 2.75) is 58.0 Å². The highest BCUT2D eigenvalue weighted by Crippen LogP contribution is 2.16. The summed E-state index contributed by atoms with van der Waals surface area (Å²) in [4.78, 5) is 14.5. The van der Waals surface area contributed by atoms with Gasteiger partial charge in [0.05, 0.1) is 13.2 Å². The molecule has 2 aromatic rings. The number of aryl methyl sites for hydroxylation is 3. The minimum atomic E-state index is 0.125. The topological polar surface area (TPSA) is 77.7 Å². The molecule has 1 aromatic heterocycles. The first-order chi connectivity index (χ1) is 14.2. The minimum Gasteiger partial charge on any atom is -0.497 e. The number of ether oxygens (including phenoxy) is 2. The maximum atomic E-state index is 12.6. The molecule has 7 heteroatoms. The molecule has 0 unspecified atom stereocenters. The number of amides is 1. The molecule has 1 amide bonds. The summed E-state index contributed by atoms with van der Waals surface area (Å²) < 4.78 is 16.6. The first-order valence-corrected chi connectivity index (χ1v) is 10.5. The van der Waals surface area contributed by atoms with Gasteiger partial charge in [-0.1, -0.05) is 19.1 Å². The molecule has 1 atom stereocenters. The van der Waals surface area contributed by atoms with Gasteiger partial charge in [-0.3, -0.25) is 4.79 Å². The number of benzene rings is 1. The van der Waals surface area contributed by atoms with Gasteiger partial charge in [0.15, 0.2) is 0 Å². The number of hydrogen-bond acceptors (Lipinski definition) is 6. The fraction of sp³-hybridized carbons (Fsp3) is 0.591. The Hall–Kier alpha value is -2.41. The first-order valence-electron chi connectivity index (χ1n) is 10.5. The van der Waals surface area contributed by atoms with E-state index >= 15 is 0 Å². The van der Waals surface area contributed by atoms with Gasteiger partial charge >= 0.3 is 0 Å². The Balaban J connectivity index is 1.45. The van der Waals surface area contributed by atoms with Crippen LogP contribution in [0.4, 0.5) is 0 Å². The molecule has 29 heavy (non-hydrogen) atoms. The van der Waals surface area contributed by atoms with Crippen LogP contribution in [0.25, 0.3) is 0 Å². The van der Waals surface area contributed by atoms with Crippen molar-refractivity contribution in [3.8, 4) is 5.75 Å². The standard InChI is InChI=1S/C22H31N3O4/c1-3-14-25(16-19-5-4-15-28-19)22(26)13-12-21-24-23-20(29-21)11-8-17-6-9-18(27-2)10-7-17/h6-7,9-10,19H,3-5,8,11-16H2,1-2H3/t19-/m0/s1. The number of nitrogens with zero attached hydrogens (tertiary/aromatic N) is 3. The van der Waals surface area contributed by atoms with E-state index in [9.17, 15) is 4.79 Å². The summed E-state index contributed by atoms with van der Waals surface area (Å²) in [6, 6.07) is 7.95. The summed E-state index contributed by atoms with van der Waals surface area (Å²) >= 11 is 0. The van der Waals surface area contributed by atoms with Crippen LogP contribution in [0.2, 0.25) is 0 Å². The molecule has 1 aliphatic rings. The third-order valence-corrected chi connectivity index (χ3v) is 5.14. The highest BCUT2D eigenvalue weighted by Gasteiger charge is 2.22. The number of carbonyl (C=O) groups excluding carboxylic acids is 1. The van der Waals surface area contributed by atoms with Crippen LogP contribution in [0.3, 0.4) is 0 Å². The Morgan fingerprint density at radius 3 is 2.59 bits per heavy atom. The third-order valence-electron chi connectivity index (χ3n) is 5.14. The van der Waals surface area contributed by atoms with Gasteiger partial charge in [0.2, 0.25) is 17.7 Å². The van der Waals surface area contributed by atoms with E-state index in [1.54, 1.807) is 7.11 Å². The molecule has 0 aliphatic carbocycles. The quantitative estimate of drug-likeness (QED) is 0.575. The second kappa shape index (κ2) is 11.0. The van der Waals surface area contributed by atoms with E-state index in [2.05, 4.69) is 17.1 Å². The highest BCUT2D eigenvalue weighted by atomic mass is 16.5. The Morgan fingerprint density at radius 1 is 1.17 bits per heavy atom. The van der Waals surface area contributed by atoms with Gasteiger partial charge in [0.1, 0.15) is 5.75 Å². The Morgan fingerprint density at radius 2 is 1.93 bits per heavy atom. The van der Waals surface area contributed by atoms with Gasteiger partial charge in [-0.25, -0.2) is 0 Å². The van der Waals surface area contributed by atoms with Crippen molar-refractivity contribution >= 4 is 5.91 Å². The zero-order valence-corrected chi connectivity index (χ0v) is 17.4. The molecule has 1 saturated heterocycles. The Bertz CT molecular complexity index is 754. The van der Waals surface area contributed by atoms with E-state index in [1.807, 2.05) is 29.2 Å². The second-order valence-corrected chi connectivity index (χ2v) is 7.41. The van der Waals surface area contributed by atoms with Gasteiger partial charge in [-0.2, -0.15) is 0 Å². The summed E-state index contributed by atoms with van der Waals surface area (Å²) in [5, 5.41) is 8.23. The molecular formula is C22H31N3O4. The lowest BCUT2D eigenvalue weighted by Crippen LogP contribution is -2.38. The van der Waals surface area contributed by atoms with Crippen LogP contribution < -0.4 is 4.74 Å². The molecular weight excluding hydrogens is 370 g/mol. The van der Waals surface area contributed by atoms with Crippen molar-refractivity contribution in [2.75, 3.05) is 26.8 Å². The average molecular weight is 402 g/mol. The number of rotatable bonds is 11. The zero-order chi connectivity index (χ0) is 20.5. The number of hydrogen-bond donors (Lipinski definition) is 0. The van der Waals surface area contributed by atoms with Gasteiger partial charge in [-0.05, 0) is 43.4 Å². The van der Waals surface area contributed by atoms with Crippen molar-refractivity contribution in [3.05, 3.63) is 41.6 Å². The minimum absolute atomic E-state index is 0.125. The van der Waals surface area contributed by atoms with Crippen molar-refractivity contribution in [3.63, 3.8) is 0 Å². The number of methoxy groups -OCH3 is 1. The smallest absolute Gasteiger partial charge is 0.223 e. The fourth-order valence-electron chi connectivity index (χ4n) is 3.53. The van der Waals surface area contributed by atoms with E-state index in [4.69, 9.17) is 13.9 Å². The monoisotopic (exact) mass is 401 g/mol. The van der Waals surface area contributed by atoms with Crippen molar-refractivity contribution in [2.24, 2.45) is 0 Å².